The van der Waals surface area contributed by atoms with E-state index in [0.717, 1.165) is 22.8 Å². The number of carbonyl (C=O) groups is 1. The molecule has 0 spiro atoms. The second-order valence-electron chi connectivity index (χ2n) is 3.25. The lowest BCUT2D eigenvalue weighted by Gasteiger charge is -1.95. The van der Waals surface area contributed by atoms with Gasteiger partial charge in [-0.2, -0.15) is 12.6 Å². The van der Waals surface area contributed by atoms with E-state index in [1.54, 1.807) is 6.20 Å². The summed E-state index contributed by atoms with van der Waals surface area (Å²) in [4.78, 5) is 13.8. The van der Waals surface area contributed by atoms with Gasteiger partial charge in [-0.1, -0.05) is 18.2 Å². The van der Waals surface area contributed by atoms with Gasteiger partial charge in [0, 0.05) is 28.4 Å². The minimum Gasteiger partial charge on any atom is -0.360 e. The maximum Gasteiger partial charge on any atom is 0.152 e. The fraction of sp³-hybridized carbons (Fsp3) is 0.0833. The van der Waals surface area contributed by atoms with Gasteiger partial charge in [0.25, 0.3) is 0 Å². The highest BCUT2D eigenvalue weighted by atomic mass is 32.1. The zero-order chi connectivity index (χ0) is 10.7. The zero-order valence-corrected chi connectivity index (χ0v) is 9.00. The smallest absolute Gasteiger partial charge is 0.152 e. The molecule has 0 atom stereocenters. The highest BCUT2D eigenvalue weighted by Crippen LogP contribution is 2.19. The number of hydrogen-bond donors (Lipinski definition) is 2. The van der Waals surface area contributed by atoms with Crippen LogP contribution in [0.25, 0.3) is 17.0 Å². The molecule has 0 unspecified atom stereocenters. The maximum absolute atomic E-state index is 10.8. The molecule has 1 heterocycles. The molecule has 0 bridgehead atoms. The molecule has 15 heavy (non-hydrogen) atoms. The quantitative estimate of drug-likeness (QED) is 0.601. The zero-order valence-electron chi connectivity index (χ0n) is 8.10. The van der Waals surface area contributed by atoms with Crippen LogP contribution in [0.3, 0.4) is 0 Å². The summed E-state index contributed by atoms with van der Waals surface area (Å²) in [6.45, 7) is 0. The average molecular weight is 217 g/mol. The minimum atomic E-state index is 0.700. The van der Waals surface area contributed by atoms with Crippen molar-refractivity contribution in [3.8, 4) is 0 Å². The van der Waals surface area contributed by atoms with Crippen LogP contribution in [0.5, 0.6) is 0 Å². The van der Waals surface area contributed by atoms with Crippen LogP contribution in [0.4, 0.5) is 0 Å². The van der Waals surface area contributed by atoms with Crippen LogP contribution in [0.1, 0.15) is 15.9 Å². The lowest BCUT2D eigenvalue weighted by Crippen LogP contribution is -1.77. The highest BCUT2D eigenvalue weighted by Gasteiger charge is 2.01. The van der Waals surface area contributed by atoms with Gasteiger partial charge in [-0.25, -0.2) is 0 Å². The molecule has 3 heteroatoms. The van der Waals surface area contributed by atoms with Gasteiger partial charge in [-0.3, -0.25) is 4.79 Å². The normalized spacial score (nSPS) is 11.3. The molecule has 2 aromatic rings. The lowest BCUT2D eigenvalue weighted by atomic mass is 10.1. The Bertz CT molecular complexity index is 513. The summed E-state index contributed by atoms with van der Waals surface area (Å²) in [5.41, 5.74) is 2.77. The first-order chi connectivity index (χ1) is 7.35. The molecular formula is C12H11NOS. The van der Waals surface area contributed by atoms with Gasteiger partial charge in [-0.15, -0.1) is 0 Å². The van der Waals surface area contributed by atoms with Gasteiger partial charge >= 0.3 is 0 Å². The number of rotatable bonds is 3. The topological polar surface area (TPSA) is 32.9 Å². The van der Waals surface area contributed by atoms with Gasteiger partial charge in [0.05, 0.1) is 0 Å². The molecule has 0 saturated heterocycles. The molecule has 2 rings (SSSR count). The number of aromatic amines is 1. The Labute approximate surface area is 93.4 Å². The Kier molecular flexibility index (Phi) is 2.92. The van der Waals surface area contributed by atoms with E-state index in [1.807, 2.05) is 30.4 Å². The van der Waals surface area contributed by atoms with Gasteiger partial charge in [0.1, 0.15) is 0 Å². The lowest BCUT2D eigenvalue weighted by molar-refractivity contribution is 0.112. The summed E-state index contributed by atoms with van der Waals surface area (Å²) < 4.78 is 0. The van der Waals surface area contributed by atoms with Crippen molar-refractivity contribution < 1.29 is 4.79 Å². The van der Waals surface area contributed by atoms with E-state index in [0.29, 0.717) is 11.3 Å². The van der Waals surface area contributed by atoms with Crippen LogP contribution < -0.4 is 0 Å². The number of benzene rings is 1. The summed E-state index contributed by atoms with van der Waals surface area (Å²) in [5.74, 6) is 0.714. The molecule has 0 amide bonds. The SMILES string of the molecule is O=Cc1c[nH]c2ccc(C=CCS)cc12. The minimum absolute atomic E-state index is 0.700. The van der Waals surface area contributed by atoms with Crippen molar-refractivity contribution in [2.45, 2.75) is 0 Å². The molecule has 0 aliphatic heterocycles. The molecule has 0 fully saturated rings. The highest BCUT2D eigenvalue weighted by molar-refractivity contribution is 7.80. The summed E-state index contributed by atoms with van der Waals surface area (Å²) in [6, 6.07) is 5.98. The Balaban J connectivity index is 2.52. The van der Waals surface area contributed by atoms with Crippen LogP contribution in [0.15, 0.2) is 30.5 Å². The Morgan fingerprint density at radius 1 is 1.40 bits per heavy atom. The van der Waals surface area contributed by atoms with Crippen LogP contribution in [-0.2, 0) is 0 Å². The molecule has 0 aliphatic rings. The molecule has 1 aromatic heterocycles. The van der Waals surface area contributed by atoms with Gasteiger partial charge in [-0.05, 0) is 17.7 Å². The standard InChI is InChI=1S/C12H11NOS/c14-8-10-7-13-12-4-3-9(2-1-5-15)6-11(10)12/h1-4,6-8,13,15H,5H2. The Hall–Kier alpha value is -1.48. The van der Waals surface area contributed by atoms with Crippen molar-refractivity contribution >= 4 is 35.9 Å². The largest absolute Gasteiger partial charge is 0.360 e. The number of H-pyrrole nitrogens is 1. The van der Waals surface area contributed by atoms with Crippen LogP contribution >= 0.6 is 12.6 Å². The van der Waals surface area contributed by atoms with Crippen molar-refractivity contribution in [1.82, 2.24) is 4.98 Å². The van der Waals surface area contributed by atoms with E-state index >= 15 is 0 Å². The van der Waals surface area contributed by atoms with E-state index in [-0.39, 0.29) is 0 Å². The summed E-state index contributed by atoms with van der Waals surface area (Å²) >= 11 is 4.10. The number of nitrogens with one attached hydrogen (secondary N) is 1. The molecule has 1 aromatic carbocycles. The number of carbonyl (C=O) groups excluding carboxylic acids is 1. The maximum atomic E-state index is 10.8. The van der Waals surface area contributed by atoms with Gasteiger partial charge in [0.2, 0.25) is 0 Å². The average Bonchev–Trinajstić information content (AvgIpc) is 2.68. The third kappa shape index (κ3) is 1.97. The Morgan fingerprint density at radius 3 is 3.00 bits per heavy atom. The summed E-state index contributed by atoms with van der Waals surface area (Å²) in [7, 11) is 0. The molecule has 0 radical (unpaired) electrons. The van der Waals surface area contributed by atoms with Crippen molar-refractivity contribution in [3.63, 3.8) is 0 Å². The first-order valence-corrected chi connectivity index (χ1v) is 5.32. The van der Waals surface area contributed by atoms with Crippen LogP contribution in [0, 0.1) is 0 Å². The fourth-order valence-electron chi connectivity index (χ4n) is 1.55. The molecule has 0 saturated carbocycles. The predicted octanol–water partition coefficient (Wildman–Crippen LogP) is 2.92. The number of aldehydes is 1. The van der Waals surface area contributed by atoms with Crippen LogP contribution in [-0.4, -0.2) is 17.0 Å². The first-order valence-electron chi connectivity index (χ1n) is 4.69. The molecule has 2 nitrogen and oxygen atoms in total. The third-order valence-corrected chi connectivity index (χ3v) is 2.49. The molecule has 76 valence electrons. The third-order valence-electron chi connectivity index (χ3n) is 2.28. The second-order valence-corrected chi connectivity index (χ2v) is 3.62. The second kappa shape index (κ2) is 4.36. The van der Waals surface area contributed by atoms with E-state index < -0.39 is 0 Å². The van der Waals surface area contributed by atoms with Crippen molar-refractivity contribution in [2.75, 3.05) is 5.75 Å². The van der Waals surface area contributed by atoms with E-state index in [1.165, 1.54) is 0 Å². The molecule has 1 N–H and O–H groups in total. The molecule has 0 aliphatic carbocycles. The van der Waals surface area contributed by atoms with E-state index in [9.17, 15) is 4.79 Å². The van der Waals surface area contributed by atoms with Gasteiger partial charge in [0.15, 0.2) is 6.29 Å². The Morgan fingerprint density at radius 2 is 2.27 bits per heavy atom. The molecular weight excluding hydrogens is 206 g/mol. The number of aromatic nitrogens is 1. The fourth-order valence-corrected chi connectivity index (χ4v) is 1.66. The van der Waals surface area contributed by atoms with Crippen molar-refractivity contribution in [2.24, 2.45) is 0 Å². The predicted molar refractivity (Wildman–Crippen MR) is 66.6 cm³/mol. The van der Waals surface area contributed by atoms with Crippen molar-refractivity contribution in [1.29, 1.82) is 0 Å². The summed E-state index contributed by atoms with van der Waals surface area (Å²) in [5, 5.41) is 0.964. The number of hydrogen-bond acceptors (Lipinski definition) is 2. The van der Waals surface area contributed by atoms with E-state index in [2.05, 4.69) is 17.6 Å². The first kappa shape index (κ1) is 10.1. The van der Waals surface area contributed by atoms with E-state index in [4.69, 9.17) is 0 Å². The summed E-state index contributed by atoms with van der Waals surface area (Å²) in [6.07, 6.45) is 6.56. The van der Waals surface area contributed by atoms with Crippen LogP contribution in [0.2, 0.25) is 0 Å². The van der Waals surface area contributed by atoms with Gasteiger partial charge < -0.3 is 4.98 Å². The van der Waals surface area contributed by atoms with Crippen molar-refractivity contribution in [3.05, 3.63) is 41.6 Å². The monoisotopic (exact) mass is 217 g/mol. The number of thiol groups is 1. The number of fused-ring (bicyclic) bond motifs is 1.